The van der Waals surface area contributed by atoms with Crippen molar-refractivity contribution in [1.82, 2.24) is 10.3 Å². The third-order valence-electron chi connectivity index (χ3n) is 6.93. The topological polar surface area (TPSA) is 163 Å². The lowest BCUT2D eigenvalue weighted by molar-refractivity contribution is -0.116. The second kappa shape index (κ2) is 14.3. The summed E-state index contributed by atoms with van der Waals surface area (Å²) < 4.78 is 23.0. The zero-order chi connectivity index (χ0) is 32.7. The van der Waals surface area contributed by atoms with Crippen LogP contribution in [0, 0.1) is 0 Å². The van der Waals surface area contributed by atoms with Gasteiger partial charge in [-0.1, -0.05) is 49.4 Å². The number of para-hydroxylation sites is 1. The highest BCUT2D eigenvalue weighted by atomic mass is 32.2. The molecule has 0 fully saturated rings. The van der Waals surface area contributed by atoms with Crippen molar-refractivity contribution >= 4 is 67.9 Å². The maximum Gasteiger partial charge on any atom is 0.272 e. The number of hydrogen-bond donors (Lipinski definition) is 5. The Labute approximate surface area is 270 Å². The highest BCUT2D eigenvalue weighted by molar-refractivity contribution is 8.00. The minimum Gasteiger partial charge on any atom is -0.361 e. The van der Waals surface area contributed by atoms with Crippen LogP contribution >= 0.6 is 11.8 Å². The van der Waals surface area contributed by atoms with Crippen molar-refractivity contribution in [2.24, 2.45) is 5.14 Å². The van der Waals surface area contributed by atoms with Crippen molar-refractivity contribution in [1.29, 1.82) is 0 Å². The Morgan fingerprint density at radius 1 is 0.870 bits per heavy atom. The number of anilines is 2. The van der Waals surface area contributed by atoms with Crippen LogP contribution < -0.4 is 21.1 Å². The Kier molecular flexibility index (Phi) is 10.0. The van der Waals surface area contributed by atoms with E-state index in [1.807, 2.05) is 37.3 Å². The summed E-state index contributed by atoms with van der Waals surface area (Å²) >= 11 is 1.32. The first-order chi connectivity index (χ1) is 22.1. The van der Waals surface area contributed by atoms with E-state index in [-0.39, 0.29) is 16.5 Å². The van der Waals surface area contributed by atoms with Crippen LogP contribution in [0.5, 0.6) is 0 Å². The summed E-state index contributed by atoms with van der Waals surface area (Å²) in [7, 11) is -3.84. The van der Waals surface area contributed by atoms with Gasteiger partial charge >= 0.3 is 0 Å². The van der Waals surface area contributed by atoms with Crippen molar-refractivity contribution in [2.45, 2.75) is 28.4 Å². The molecule has 0 spiro atoms. The van der Waals surface area contributed by atoms with Gasteiger partial charge in [-0.15, -0.1) is 11.8 Å². The predicted molar refractivity (Wildman–Crippen MR) is 182 cm³/mol. The van der Waals surface area contributed by atoms with Crippen LogP contribution in [0.4, 0.5) is 11.4 Å². The number of carbonyl (C=O) groups excluding carboxylic acids is 3. The van der Waals surface area contributed by atoms with Crippen molar-refractivity contribution < 1.29 is 22.8 Å². The summed E-state index contributed by atoms with van der Waals surface area (Å²) in [5.41, 5.74) is 2.99. The number of aromatic nitrogens is 1. The molecule has 0 bridgehead atoms. The molecular weight excluding hydrogens is 623 g/mol. The van der Waals surface area contributed by atoms with E-state index in [1.54, 1.807) is 60.8 Å². The van der Waals surface area contributed by atoms with Gasteiger partial charge in [0.15, 0.2) is 0 Å². The van der Waals surface area contributed by atoms with Crippen LogP contribution in [0.25, 0.3) is 17.0 Å². The number of sulfonamides is 1. The number of amides is 3. The molecule has 1 unspecified atom stereocenters. The number of rotatable bonds is 11. The lowest BCUT2D eigenvalue weighted by Gasteiger charge is -2.16. The van der Waals surface area contributed by atoms with E-state index in [0.717, 1.165) is 21.4 Å². The summed E-state index contributed by atoms with van der Waals surface area (Å²) in [6.45, 7) is 1.88. The molecule has 0 aliphatic carbocycles. The van der Waals surface area contributed by atoms with Crippen molar-refractivity contribution in [2.75, 3.05) is 10.6 Å². The number of benzene rings is 4. The normalized spacial score (nSPS) is 12.3. The fourth-order valence-corrected chi connectivity index (χ4v) is 6.12. The SMILES string of the molecule is CCC(Sc1cccc(NC(=O)/C(=C/c2c[nH]c3ccccc23)NC(=O)c2ccccc2)c1)C(=O)Nc1ccc(S(N)(=O)=O)cc1. The van der Waals surface area contributed by atoms with Gasteiger partial charge in [-0.05, 0) is 73.2 Å². The first kappa shape index (κ1) is 32.2. The molecule has 5 aromatic rings. The van der Waals surface area contributed by atoms with Crippen molar-refractivity contribution in [3.8, 4) is 0 Å². The van der Waals surface area contributed by atoms with E-state index in [9.17, 15) is 22.8 Å². The Morgan fingerprint density at radius 3 is 2.30 bits per heavy atom. The predicted octanol–water partition coefficient (Wildman–Crippen LogP) is 5.73. The Hall–Kier alpha value is -5.17. The molecule has 10 nitrogen and oxygen atoms in total. The zero-order valence-corrected chi connectivity index (χ0v) is 26.3. The van der Waals surface area contributed by atoms with E-state index in [4.69, 9.17) is 5.14 Å². The molecule has 3 amide bonds. The molecule has 12 heteroatoms. The Morgan fingerprint density at radius 2 is 1.59 bits per heavy atom. The van der Waals surface area contributed by atoms with Crippen LogP contribution in [0.2, 0.25) is 0 Å². The molecular formula is C34H31N5O5S2. The van der Waals surface area contributed by atoms with Crippen molar-refractivity contribution in [3.63, 3.8) is 0 Å². The highest BCUT2D eigenvalue weighted by Gasteiger charge is 2.20. The molecule has 0 aliphatic heterocycles. The van der Waals surface area contributed by atoms with Crippen molar-refractivity contribution in [3.05, 3.63) is 126 Å². The van der Waals surface area contributed by atoms with Crippen LogP contribution in [-0.2, 0) is 19.6 Å². The number of nitrogens with one attached hydrogen (secondary N) is 4. The monoisotopic (exact) mass is 653 g/mol. The van der Waals surface area contributed by atoms with Crippen LogP contribution in [0.15, 0.2) is 125 Å². The quantitative estimate of drug-likeness (QED) is 0.0903. The zero-order valence-electron chi connectivity index (χ0n) is 24.7. The first-order valence-electron chi connectivity index (χ1n) is 14.3. The minimum atomic E-state index is -3.84. The van der Waals surface area contributed by atoms with Gasteiger partial charge in [-0.3, -0.25) is 14.4 Å². The maximum absolute atomic E-state index is 13.6. The molecule has 5 rings (SSSR count). The smallest absolute Gasteiger partial charge is 0.272 e. The molecule has 1 aromatic heterocycles. The van der Waals surface area contributed by atoms with E-state index in [1.165, 1.54) is 36.0 Å². The summed E-state index contributed by atoms with van der Waals surface area (Å²) in [5.74, 6) is -1.22. The lowest BCUT2D eigenvalue weighted by Crippen LogP contribution is -2.30. The molecule has 234 valence electrons. The number of thioether (sulfide) groups is 1. The maximum atomic E-state index is 13.6. The summed E-state index contributed by atoms with van der Waals surface area (Å²) in [6.07, 6.45) is 3.90. The van der Waals surface area contributed by atoms with Gasteiger partial charge < -0.3 is 20.9 Å². The van der Waals surface area contributed by atoms with Gasteiger partial charge in [-0.25, -0.2) is 13.6 Å². The molecule has 1 heterocycles. The van der Waals surface area contributed by atoms with Crippen LogP contribution in [0.3, 0.4) is 0 Å². The summed E-state index contributed by atoms with van der Waals surface area (Å²) in [5, 5.41) is 14.0. The third kappa shape index (κ3) is 8.10. The summed E-state index contributed by atoms with van der Waals surface area (Å²) in [6, 6.07) is 28.9. The van der Waals surface area contributed by atoms with E-state index < -0.39 is 27.1 Å². The molecule has 0 saturated carbocycles. The first-order valence-corrected chi connectivity index (χ1v) is 16.7. The molecule has 1 atom stereocenters. The average Bonchev–Trinajstić information content (AvgIpc) is 3.46. The van der Waals surface area contributed by atoms with Crippen LogP contribution in [-0.4, -0.2) is 36.4 Å². The number of aromatic amines is 1. The fraction of sp³-hybridized carbons (Fsp3) is 0.0882. The highest BCUT2D eigenvalue weighted by Crippen LogP contribution is 2.29. The largest absolute Gasteiger partial charge is 0.361 e. The third-order valence-corrected chi connectivity index (χ3v) is 9.22. The molecule has 0 saturated heterocycles. The second-order valence-corrected chi connectivity index (χ2v) is 13.1. The molecule has 4 aromatic carbocycles. The number of hydrogen-bond acceptors (Lipinski definition) is 6. The number of carbonyl (C=O) groups is 3. The van der Waals surface area contributed by atoms with E-state index >= 15 is 0 Å². The summed E-state index contributed by atoms with van der Waals surface area (Å²) in [4.78, 5) is 43.6. The molecule has 46 heavy (non-hydrogen) atoms. The van der Waals surface area contributed by atoms with Gasteiger partial charge in [0.05, 0.1) is 10.1 Å². The molecule has 0 radical (unpaired) electrons. The number of primary sulfonamides is 1. The van der Waals surface area contributed by atoms with Gasteiger partial charge in [0, 0.05) is 44.5 Å². The van der Waals surface area contributed by atoms with Gasteiger partial charge in [0.2, 0.25) is 15.9 Å². The lowest BCUT2D eigenvalue weighted by atomic mass is 10.1. The van der Waals surface area contributed by atoms with Crippen LogP contribution in [0.1, 0.15) is 29.3 Å². The Balaban J connectivity index is 1.32. The second-order valence-electron chi connectivity index (χ2n) is 10.2. The van der Waals surface area contributed by atoms with E-state index in [0.29, 0.717) is 23.4 Å². The molecule has 6 N–H and O–H groups in total. The van der Waals surface area contributed by atoms with Gasteiger partial charge in [0.25, 0.3) is 11.8 Å². The minimum absolute atomic E-state index is 0.0511. The Bertz CT molecular complexity index is 2020. The van der Waals surface area contributed by atoms with E-state index in [2.05, 4.69) is 20.9 Å². The molecule has 0 aliphatic rings. The number of fused-ring (bicyclic) bond motifs is 1. The number of nitrogens with two attached hydrogens (primary N) is 1. The standard InChI is InChI=1S/C34H31N5O5S2/c1-2-31(34(42)37-24-15-17-27(18-16-24)46(35,43)44)45-26-12-8-11-25(20-26)38-33(41)30(39-32(40)22-9-4-3-5-10-22)19-23-21-36-29-14-7-6-13-28(23)29/h3-21,31,36H,2H2,1H3,(H,37,42)(H,38,41)(H,39,40)(H2,35,43,44)/b30-19-. The van der Waals surface area contributed by atoms with Gasteiger partial charge in [0.1, 0.15) is 5.70 Å². The number of H-pyrrole nitrogens is 1. The average molecular weight is 654 g/mol. The van der Waals surface area contributed by atoms with Gasteiger partial charge in [-0.2, -0.15) is 0 Å². The fourth-order valence-electron chi connectivity index (χ4n) is 4.59.